The molecule has 0 amide bonds. The number of benzene rings is 2. The third-order valence-corrected chi connectivity index (χ3v) is 4.60. The van der Waals surface area contributed by atoms with Crippen LogP contribution in [0.4, 0.5) is 21.5 Å². The Balaban J connectivity index is 2.29. The highest BCUT2D eigenvalue weighted by Crippen LogP contribution is 2.47. The molecule has 1 heterocycles. The number of aldehydes is 1. The van der Waals surface area contributed by atoms with Crippen LogP contribution in [-0.4, -0.2) is 22.9 Å². The fraction of sp³-hybridized carbons (Fsp3) is 0.316. The van der Waals surface area contributed by atoms with Crippen molar-refractivity contribution in [2.75, 3.05) is 4.90 Å². The third kappa shape index (κ3) is 2.79. The molecule has 0 saturated heterocycles. The predicted molar refractivity (Wildman–Crippen MR) is 95.7 cm³/mol. The van der Waals surface area contributed by atoms with Crippen LogP contribution in [0.2, 0.25) is 0 Å². The molecule has 136 valence electrons. The van der Waals surface area contributed by atoms with Gasteiger partial charge in [0, 0.05) is 11.8 Å². The Labute approximate surface area is 150 Å². The van der Waals surface area contributed by atoms with Gasteiger partial charge in [-0.2, -0.15) is 0 Å². The van der Waals surface area contributed by atoms with Gasteiger partial charge in [0.1, 0.15) is 23.7 Å². The van der Waals surface area contributed by atoms with Crippen LogP contribution >= 0.6 is 0 Å². The van der Waals surface area contributed by atoms with Gasteiger partial charge in [0.05, 0.1) is 16.7 Å². The highest BCUT2D eigenvalue weighted by Gasteiger charge is 2.44. The number of halogens is 1. The van der Waals surface area contributed by atoms with Crippen LogP contribution < -0.4 is 9.64 Å². The first-order valence-corrected chi connectivity index (χ1v) is 8.14. The maximum atomic E-state index is 13.8. The summed E-state index contributed by atoms with van der Waals surface area (Å²) in [6.45, 7) is 7.02. The summed E-state index contributed by atoms with van der Waals surface area (Å²) >= 11 is 0. The van der Waals surface area contributed by atoms with E-state index in [1.165, 1.54) is 24.3 Å². The average Bonchev–Trinajstić information content (AvgIpc) is 2.52. The molecule has 0 aliphatic carbocycles. The van der Waals surface area contributed by atoms with Gasteiger partial charge in [0.25, 0.3) is 5.69 Å². The molecule has 0 N–H and O–H groups in total. The topological polar surface area (TPSA) is 72.7 Å². The van der Waals surface area contributed by atoms with Crippen LogP contribution in [0.15, 0.2) is 30.3 Å². The molecule has 0 fully saturated rings. The van der Waals surface area contributed by atoms with Crippen molar-refractivity contribution in [3.8, 4) is 5.75 Å². The second kappa shape index (κ2) is 6.09. The molecule has 0 spiro atoms. The van der Waals surface area contributed by atoms with Crippen LogP contribution in [0.25, 0.3) is 0 Å². The summed E-state index contributed by atoms with van der Waals surface area (Å²) in [5.74, 6) is -0.0479. The molecule has 6 nitrogen and oxygen atoms in total. The zero-order valence-corrected chi connectivity index (χ0v) is 14.9. The Hall–Kier alpha value is -2.96. The summed E-state index contributed by atoms with van der Waals surface area (Å²) < 4.78 is 19.7. The third-order valence-electron chi connectivity index (χ3n) is 4.60. The number of carbonyl (C=O) groups is 1. The summed E-state index contributed by atoms with van der Waals surface area (Å²) in [4.78, 5) is 24.3. The first kappa shape index (κ1) is 17.8. The number of nitrogens with zero attached hydrogens (tertiary/aromatic N) is 2. The summed E-state index contributed by atoms with van der Waals surface area (Å²) in [6.07, 6.45) is 0.784. The Morgan fingerprint density at radius 3 is 2.38 bits per heavy atom. The fourth-order valence-electron chi connectivity index (χ4n) is 3.47. The van der Waals surface area contributed by atoms with Crippen LogP contribution in [0.5, 0.6) is 5.75 Å². The van der Waals surface area contributed by atoms with E-state index < -0.39 is 16.6 Å². The number of aryl methyl sites for hydroxylation is 2. The summed E-state index contributed by atoms with van der Waals surface area (Å²) in [6, 6.07) is 6.39. The maximum Gasteiger partial charge on any atom is 0.273 e. The number of carbonyl (C=O) groups excluding carboxylic acids is 1. The minimum Gasteiger partial charge on any atom is -0.483 e. The standard InChI is InChI=1S/C19H19FN2O4/c1-11-7-13(20)8-12(2)18(11)21-15-6-5-14(22(24)25)9-16(15)26-19(3,4)17(21)10-23/h5-10,17H,1-4H3. The number of non-ortho nitro benzene ring substituents is 1. The van der Waals surface area contributed by atoms with Crippen molar-refractivity contribution in [2.24, 2.45) is 0 Å². The Kier molecular flexibility index (Phi) is 4.18. The van der Waals surface area contributed by atoms with Crippen LogP contribution in [-0.2, 0) is 4.79 Å². The monoisotopic (exact) mass is 358 g/mol. The quantitative estimate of drug-likeness (QED) is 0.466. The number of ether oxygens (including phenoxy) is 1. The van der Waals surface area contributed by atoms with Gasteiger partial charge in [-0.15, -0.1) is 0 Å². The molecule has 0 radical (unpaired) electrons. The van der Waals surface area contributed by atoms with Gasteiger partial charge in [0.2, 0.25) is 0 Å². The van der Waals surface area contributed by atoms with E-state index in [9.17, 15) is 19.3 Å². The van der Waals surface area contributed by atoms with Crippen molar-refractivity contribution >= 4 is 23.3 Å². The molecule has 3 rings (SSSR count). The molecule has 1 aliphatic rings. The SMILES string of the molecule is Cc1cc(F)cc(C)c1N1c2ccc([N+](=O)[O-])cc2OC(C)(C)C1C=O. The number of rotatable bonds is 3. The van der Waals surface area contributed by atoms with Gasteiger partial charge in [0.15, 0.2) is 5.75 Å². The van der Waals surface area contributed by atoms with Gasteiger partial charge < -0.3 is 14.4 Å². The number of nitro groups is 1. The van der Waals surface area contributed by atoms with Crippen LogP contribution in [0.3, 0.4) is 0 Å². The lowest BCUT2D eigenvalue weighted by atomic mass is 9.92. The van der Waals surface area contributed by atoms with E-state index in [1.54, 1.807) is 38.7 Å². The molecule has 2 aromatic rings. The van der Waals surface area contributed by atoms with Gasteiger partial charge in [-0.1, -0.05) is 0 Å². The van der Waals surface area contributed by atoms with Crippen molar-refractivity contribution in [1.82, 2.24) is 0 Å². The number of hydrogen-bond acceptors (Lipinski definition) is 5. The van der Waals surface area contributed by atoms with Crippen molar-refractivity contribution < 1.29 is 18.8 Å². The highest BCUT2D eigenvalue weighted by atomic mass is 19.1. The first-order valence-electron chi connectivity index (χ1n) is 8.14. The van der Waals surface area contributed by atoms with E-state index in [1.807, 2.05) is 0 Å². The van der Waals surface area contributed by atoms with Gasteiger partial charge >= 0.3 is 0 Å². The maximum absolute atomic E-state index is 13.8. The Morgan fingerprint density at radius 2 is 1.85 bits per heavy atom. The van der Waals surface area contributed by atoms with E-state index in [0.29, 0.717) is 28.3 Å². The summed E-state index contributed by atoms with van der Waals surface area (Å²) in [7, 11) is 0. The minimum absolute atomic E-state index is 0.100. The highest BCUT2D eigenvalue weighted by molar-refractivity contribution is 5.83. The molecular weight excluding hydrogens is 339 g/mol. The largest absolute Gasteiger partial charge is 0.483 e. The lowest BCUT2D eigenvalue weighted by Gasteiger charge is -2.46. The minimum atomic E-state index is -0.933. The van der Waals surface area contributed by atoms with E-state index in [0.717, 1.165) is 6.29 Å². The second-order valence-electron chi connectivity index (χ2n) is 6.95. The zero-order valence-electron chi connectivity index (χ0n) is 14.9. The van der Waals surface area contributed by atoms with Crippen molar-refractivity contribution in [3.05, 3.63) is 57.4 Å². The Bertz CT molecular complexity index is 887. The van der Waals surface area contributed by atoms with E-state index in [-0.39, 0.29) is 11.5 Å². The molecule has 7 heteroatoms. The first-order chi connectivity index (χ1) is 12.2. The molecule has 0 aromatic heterocycles. The molecule has 26 heavy (non-hydrogen) atoms. The van der Waals surface area contributed by atoms with E-state index >= 15 is 0 Å². The molecule has 2 aromatic carbocycles. The number of fused-ring (bicyclic) bond motifs is 1. The van der Waals surface area contributed by atoms with E-state index in [2.05, 4.69) is 0 Å². The average molecular weight is 358 g/mol. The molecule has 0 bridgehead atoms. The number of hydrogen-bond donors (Lipinski definition) is 0. The number of nitro benzene ring substituents is 1. The summed E-state index contributed by atoms with van der Waals surface area (Å²) in [5, 5.41) is 11.1. The van der Waals surface area contributed by atoms with Crippen LogP contribution in [0, 0.1) is 29.8 Å². The molecule has 1 aliphatic heterocycles. The second-order valence-corrected chi connectivity index (χ2v) is 6.95. The van der Waals surface area contributed by atoms with Crippen molar-refractivity contribution in [2.45, 2.75) is 39.3 Å². The molecule has 1 unspecified atom stereocenters. The van der Waals surface area contributed by atoms with E-state index in [4.69, 9.17) is 4.74 Å². The molecular formula is C19H19FN2O4. The van der Waals surface area contributed by atoms with Crippen LogP contribution in [0.1, 0.15) is 25.0 Å². The van der Waals surface area contributed by atoms with Gasteiger partial charge in [-0.05, 0) is 57.0 Å². The number of anilines is 2. The summed E-state index contributed by atoms with van der Waals surface area (Å²) in [5.41, 5.74) is 1.51. The molecule has 1 atom stereocenters. The van der Waals surface area contributed by atoms with Crippen molar-refractivity contribution in [1.29, 1.82) is 0 Å². The smallest absolute Gasteiger partial charge is 0.273 e. The molecule has 0 saturated carbocycles. The fourth-order valence-corrected chi connectivity index (χ4v) is 3.47. The van der Waals surface area contributed by atoms with Crippen molar-refractivity contribution in [3.63, 3.8) is 0 Å². The predicted octanol–water partition coefficient (Wildman–Crippen LogP) is 4.23. The normalized spacial score (nSPS) is 18.0. The lowest BCUT2D eigenvalue weighted by molar-refractivity contribution is -0.385. The zero-order chi connectivity index (χ0) is 19.2. The lowest BCUT2D eigenvalue weighted by Crippen LogP contribution is -2.55. The van der Waals surface area contributed by atoms with Gasteiger partial charge in [-0.3, -0.25) is 10.1 Å². The van der Waals surface area contributed by atoms with Gasteiger partial charge in [-0.25, -0.2) is 4.39 Å². The Morgan fingerprint density at radius 1 is 1.23 bits per heavy atom.